The Balaban J connectivity index is 2.13. The molecule has 0 saturated heterocycles. The first-order valence-electron chi connectivity index (χ1n) is 7.13. The first kappa shape index (κ1) is 16.6. The van der Waals surface area contributed by atoms with Gasteiger partial charge in [-0.05, 0) is 30.1 Å². The summed E-state index contributed by atoms with van der Waals surface area (Å²) in [4.78, 5) is 16.2. The number of rotatable bonds is 3. The van der Waals surface area contributed by atoms with E-state index >= 15 is 0 Å². The molecule has 0 unspecified atom stereocenters. The summed E-state index contributed by atoms with van der Waals surface area (Å²) in [7, 11) is 1.34. The fourth-order valence-electron chi connectivity index (χ4n) is 3.70. The molecule has 0 spiro atoms. The van der Waals surface area contributed by atoms with E-state index in [2.05, 4.69) is 38.0 Å². The van der Waals surface area contributed by atoms with Crippen LogP contribution in [0.2, 0.25) is 5.15 Å². The third-order valence-electron chi connectivity index (χ3n) is 3.84. The van der Waals surface area contributed by atoms with Gasteiger partial charge in [0.15, 0.2) is 15.2 Å². The maximum atomic E-state index is 11.6. The lowest BCUT2D eigenvalue weighted by Crippen LogP contribution is -2.40. The van der Waals surface area contributed by atoms with Crippen LogP contribution < -0.4 is 5.32 Å². The van der Waals surface area contributed by atoms with Crippen molar-refractivity contribution in [2.75, 3.05) is 12.4 Å². The number of ether oxygens (including phenoxy) is 1. The molecule has 2 rings (SSSR count). The molecule has 1 heterocycles. The van der Waals surface area contributed by atoms with Crippen molar-refractivity contribution in [3.63, 3.8) is 0 Å². The lowest BCUT2D eigenvalue weighted by Gasteiger charge is -2.45. The number of hydrogen-bond acceptors (Lipinski definition) is 5. The van der Waals surface area contributed by atoms with Gasteiger partial charge in [0, 0.05) is 6.04 Å². The number of hydrogen-bond donors (Lipinski definition) is 1. The molecule has 0 aromatic carbocycles. The van der Waals surface area contributed by atoms with E-state index in [1.807, 2.05) is 0 Å². The van der Waals surface area contributed by atoms with E-state index in [0.717, 1.165) is 12.8 Å². The molecular weight excluding hydrogens is 308 g/mol. The second kappa shape index (κ2) is 5.76. The van der Waals surface area contributed by atoms with Crippen LogP contribution >= 0.6 is 22.9 Å². The van der Waals surface area contributed by atoms with E-state index in [4.69, 9.17) is 16.3 Å². The van der Waals surface area contributed by atoms with Gasteiger partial charge in [-0.2, -0.15) is 0 Å². The highest BCUT2D eigenvalue weighted by atomic mass is 35.5. The molecular formula is C15H23ClN2O2S. The lowest BCUT2D eigenvalue weighted by molar-refractivity contribution is 0.0606. The second-order valence-electron chi connectivity index (χ2n) is 7.39. The standard InChI is InChI=1S/C15H23ClN2O2S/c1-14(2)6-9(7-15(3,4)8-14)17-13-18-11(16)10(21-13)12(19)20-5/h9H,6-8H2,1-5H3,(H,17,18). The minimum absolute atomic E-state index is 0.212. The van der Waals surface area contributed by atoms with Crippen LogP contribution in [0.1, 0.15) is 56.6 Å². The molecule has 0 atom stereocenters. The number of halogens is 1. The quantitative estimate of drug-likeness (QED) is 0.823. The van der Waals surface area contributed by atoms with E-state index in [0.29, 0.717) is 26.9 Å². The third kappa shape index (κ3) is 4.10. The Morgan fingerprint density at radius 1 is 1.33 bits per heavy atom. The van der Waals surface area contributed by atoms with E-state index < -0.39 is 5.97 Å². The SMILES string of the molecule is COC(=O)c1sc(NC2CC(C)(C)CC(C)(C)C2)nc1Cl. The number of thiazole rings is 1. The smallest absolute Gasteiger partial charge is 0.351 e. The molecule has 1 aliphatic carbocycles. The number of anilines is 1. The highest BCUT2D eigenvalue weighted by Gasteiger charge is 2.38. The third-order valence-corrected chi connectivity index (χ3v) is 5.19. The number of carbonyl (C=O) groups is 1. The Morgan fingerprint density at radius 3 is 2.43 bits per heavy atom. The molecule has 0 amide bonds. The number of methoxy groups -OCH3 is 1. The Kier molecular flexibility index (Phi) is 4.54. The predicted molar refractivity (Wildman–Crippen MR) is 87.3 cm³/mol. The van der Waals surface area contributed by atoms with Gasteiger partial charge in [0.2, 0.25) is 0 Å². The van der Waals surface area contributed by atoms with Crippen LogP contribution in [0.25, 0.3) is 0 Å². The van der Waals surface area contributed by atoms with Gasteiger partial charge in [-0.3, -0.25) is 0 Å². The first-order valence-corrected chi connectivity index (χ1v) is 8.32. The molecule has 1 aromatic heterocycles. The van der Waals surface area contributed by atoms with E-state index in [9.17, 15) is 4.79 Å². The molecule has 0 radical (unpaired) electrons. The number of aromatic nitrogens is 1. The van der Waals surface area contributed by atoms with Crippen LogP contribution in [0.5, 0.6) is 0 Å². The van der Waals surface area contributed by atoms with Crippen LogP contribution in [0.4, 0.5) is 5.13 Å². The van der Waals surface area contributed by atoms with Gasteiger partial charge in [0.1, 0.15) is 0 Å². The van der Waals surface area contributed by atoms with Crippen molar-refractivity contribution >= 4 is 34.0 Å². The van der Waals surface area contributed by atoms with Crippen LogP contribution in [0.15, 0.2) is 0 Å². The number of esters is 1. The Hall–Kier alpha value is -0.810. The summed E-state index contributed by atoms with van der Waals surface area (Å²) in [6, 6.07) is 0.344. The fraction of sp³-hybridized carbons (Fsp3) is 0.733. The van der Waals surface area contributed by atoms with E-state index in [1.165, 1.54) is 24.9 Å². The van der Waals surface area contributed by atoms with Gasteiger partial charge >= 0.3 is 5.97 Å². The van der Waals surface area contributed by atoms with Crippen LogP contribution in [0.3, 0.4) is 0 Å². The van der Waals surface area contributed by atoms with Gasteiger partial charge in [0.25, 0.3) is 0 Å². The van der Waals surface area contributed by atoms with Gasteiger partial charge in [-0.15, -0.1) is 0 Å². The van der Waals surface area contributed by atoms with Crippen molar-refractivity contribution < 1.29 is 9.53 Å². The van der Waals surface area contributed by atoms with Crippen molar-refractivity contribution in [2.24, 2.45) is 10.8 Å². The molecule has 21 heavy (non-hydrogen) atoms. The van der Waals surface area contributed by atoms with Gasteiger partial charge in [0.05, 0.1) is 7.11 Å². The summed E-state index contributed by atoms with van der Waals surface area (Å²) in [6.45, 7) is 9.21. The Morgan fingerprint density at radius 2 is 1.90 bits per heavy atom. The van der Waals surface area contributed by atoms with Crippen molar-refractivity contribution in [2.45, 2.75) is 53.0 Å². The average molecular weight is 331 g/mol. The maximum absolute atomic E-state index is 11.6. The summed E-state index contributed by atoms with van der Waals surface area (Å²) in [5.41, 5.74) is 0.595. The maximum Gasteiger partial charge on any atom is 0.351 e. The molecule has 0 aliphatic heterocycles. The lowest BCUT2D eigenvalue weighted by atomic mass is 9.63. The zero-order valence-electron chi connectivity index (χ0n) is 13.2. The summed E-state index contributed by atoms with van der Waals surface area (Å²) < 4.78 is 4.71. The zero-order valence-corrected chi connectivity index (χ0v) is 14.8. The molecule has 4 nitrogen and oxygen atoms in total. The molecule has 1 aliphatic rings. The molecule has 6 heteroatoms. The largest absolute Gasteiger partial charge is 0.465 e. The minimum atomic E-state index is -0.435. The monoisotopic (exact) mass is 330 g/mol. The molecule has 118 valence electrons. The van der Waals surface area contributed by atoms with Crippen molar-refractivity contribution in [3.8, 4) is 0 Å². The van der Waals surface area contributed by atoms with Crippen LogP contribution in [-0.2, 0) is 4.74 Å². The average Bonchev–Trinajstić information content (AvgIpc) is 2.64. The molecule has 1 aromatic rings. The molecule has 1 N–H and O–H groups in total. The van der Waals surface area contributed by atoms with Crippen LogP contribution in [0, 0.1) is 10.8 Å². The predicted octanol–water partition coefficient (Wildman–Crippen LogP) is 4.60. The molecule has 0 bridgehead atoms. The minimum Gasteiger partial charge on any atom is -0.465 e. The molecule has 1 saturated carbocycles. The van der Waals surface area contributed by atoms with Crippen LogP contribution in [-0.4, -0.2) is 24.1 Å². The summed E-state index contributed by atoms with van der Waals surface area (Å²) >= 11 is 7.26. The summed E-state index contributed by atoms with van der Waals surface area (Å²) in [6.07, 6.45) is 3.38. The van der Waals surface area contributed by atoms with Gasteiger partial charge in [-0.1, -0.05) is 50.6 Å². The topological polar surface area (TPSA) is 51.2 Å². The highest BCUT2D eigenvalue weighted by molar-refractivity contribution is 7.18. The highest BCUT2D eigenvalue weighted by Crippen LogP contribution is 2.46. The van der Waals surface area contributed by atoms with E-state index in [-0.39, 0.29) is 5.15 Å². The molecule has 1 fully saturated rings. The number of carbonyl (C=O) groups excluding carboxylic acids is 1. The number of nitrogens with zero attached hydrogens (tertiary/aromatic N) is 1. The van der Waals surface area contributed by atoms with Crippen molar-refractivity contribution in [3.05, 3.63) is 10.0 Å². The Bertz CT molecular complexity index is 524. The summed E-state index contributed by atoms with van der Waals surface area (Å²) in [5.74, 6) is -0.435. The fourth-order valence-corrected chi connectivity index (χ4v) is 4.88. The zero-order chi connectivity index (χ0) is 15.8. The number of nitrogens with one attached hydrogen (secondary N) is 1. The normalized spacial score (nSPS) is 21.0. The Labute approximate surface area is 135 Å². The second-order valence-corrected chi connectivity index (χ2v) is 8.74. The van der Waals surface area contributed by atoms with Crippen molar-refractivity contribution in [1.82, 2.24) is 4.98 Å². The van der Waals surface area contributed by atoms with E-state index in [1.54, 1.807) is 0 Å². The van der Waals surface area contributed by atoms with Gasteiger partial charge < -0.3 is 10.1 Å². The van der Waals surface area contributed by atoms with Gasteiger partial charge in [-0.25, -0.2) is 9.78 Å². The van der Waals surface area contributed by atoms with Crippen molar-refractivity contribution in [1.29, 1.82) is 0 Å². The first-order chi connectivity index (χ1) is 9.62. The summed E-state index contributed by atoms with van der Waals surface area (Å²) in [5, 5.41) is 4.35.